The Morgan fingerprint density at radius 2 is 1.87 bits per heavy atom. The number of nitrogens with one attached hydrogen (secondary N) is 1. The molecule has 1 fully saturated rings. The Hall–Kier alpha value is -2.90. The van der Waals surface area contributed by atoms with E-state index in [9.17, 15) is 14.7 Å². The van der Waals surface area contributed by atoms with Crippen molar-refractivity contribution in [1.29, 1.82) is 0 Å². The number of carbonyl (C=O) groups is 2. The van der Waals surface area contributed by atoms with E-state index in [-0.39, 0.29) is 43.0 Å². The van der Waals surface area contributed by atoms with Crippen molar-refractivity contribution in [2.24, 2.45) is 5.92 Å². The number of likely N-dealkylation sites (tertiary alicyclic amines) is 1. The van der Waals surface area contributed by atoms with Crippen LogP contribution in [0.3, 0.4) is 0 Å². The first-order chi connectivity index (χ1) is 14.9. The number of anilines is 1. The number of fused-ring (bicyclic) bond motifs is 3. The van der Waals surface area contributed by atoms with Crippen LogP contribution < -0.4 is 5.32 Å². The Kier molecular flexibility index (Phi) is 5.98. The highest BCUT2D eigenvalue weighted by Gasteiger charge is 2.45. The molecular formula is C24H29N3O4. The smallest absolute Gasteiger partial charge is 0.253 e. The molecule has 0 unspecified atom stereocenters. The highest BCUT2D eigenvalue weighted by molar-refractivity contribution is 5.94. The van der Waals surface area contributed by atoms with Crippen molar-refractivity contribution in [1.82, 2.24) is 9.80 Å². The molecule has 164 valence electrons. The van der Waals surface area contributed by atoms with Gasteiger partial charge in [0.1, 0.15) is 6.61 Å². The maximum atomic E-state index is 12.7. The van der Waals surface area contributed by atoms with Crippen molar-refractivity contribution >= 4 is 17.5 Å². The summed E-state index contributed by atoms with van der Waals surface area (Å²) in [6.45, 7) is 0.730. The van der Waals surface area contributed by atoms with Crippen LogP contribution in [0.25, 0.3) is 11.1 Å². The number of amides is 2. The second-order valence-electron chi connectivity index (χ2n) is 8.43. The number of rotatable bonds is 5. The number of hydrogen-bond acceptors (Lipinski definition) is 5. The number of nitrogens with zero attached hydrogens (tertiary/aromatic N) is 2. The van der Waals surface area contributed by atoms with E-state index in [4.69, 9.17) is 4.74 Å². The predicted octanol–water partition coefficient (Wildman–Crippen LogP) is 2.38. The van der Waals surface area contributed by atoms with Crippen molar-refractivity contribution < 1.29 is 19.4 Å². The molecular weight excluding hydrogens is 394 g/mol. The van der Waals surface area contributed by atoms with Gasteiger partial charge in [0.15, 0.2) is 0 Å². The first-order valence-electron chi connectivity index (χ1n) is 10.6. The van der Waals surface area contributed by atoms with Gasteiger partial charge in [-0.05, 0) is 47.4 Å². The Bertz CT molecular complexity index is 973. The topological polar surface area (TPSA) is 82.1 Å². The highest BCUT2D eigenvalue weighted by atomic mass is 16.5. The molecule has 2 N–H and O–H groups in total. The summed E-state index contributed by atoms with van der Waals surface area (Å²) in [4.78, 5) is 28.3. The number of aliphatic hydroxyl groups excluding tert-OH is 1. The van der Waals surface area contributed by atoms with Crippen LogP contribution in [-0.4, -0.2) is 73.7 Å². The van der Waals surface area contributed by atoms with E-state index in [1.54, 1.807) is 19.0 Å². The summed E-state index contributed by atoms with van der Waals surface area (Å²) in [5, 5.41) is 13.4. The summed E-state index contributed by atoms with van der Waals surface area (Å²) < 4.78 is 5.09. The average Bonchev–Trinajstić information content (AvgIpc) is 3.23. The Labute approximate surface area is 182 Å². The number of benzene rings is 2. The van der Waals surface area contributed by atoms with E-state index in [2.05, 4.69) is 11.4 Å². The molecule has 2 aromatic rings. The van der Waals surface area contributed by atoms with Gasteiger partial charge >= 0.3 is 0 Å². The lowest BCUT2D eigenvalue weighted by atomic mass is 9.82. The molecule has 0 aromatic heterocycles. The van der Waals surface area contributed by atoms with Crippen molar-refractivity contribution in [3.8, 4) is 11.1 Å². The fourth-order valence-electron chi connectivity index (χ4n) is 4.79. The number of hydrogen-bond donors (Lipinski definition) is 2. The lowest BCUT2D eigenvalue weighted by molar-refractivity contribution is -0.136. The van der Waals surface area contributed by atoms with Crippen LogP contribution in [0.4, 0.5) is 5.69 Å². The summed E-state index contributed by atoms with van der Waals surface area (Å²) in [7, 11) is 5.00. The van der Waals surface area contributed by atoms with Crippen LogP contribution in [0.5, 0.6) is 0 Å². The van der Waals surface area contributed by atoms with Crippen molar-refractivity contribution in [2.75, 3.05) is 46.3 Å². The number of aliphatic hydroxyl groups is 1. The molecule has 2 amide bonds. The van der Waals surface area contributed by atoms with E-state index >= 15 is 0 Å². The van der Waals surface area contributed by atoms with Gasteiger partial charge in [-0.25, -0.2) is 0 Å². The quantitative estimate of drug-likeness (QED) is 0.772. The Balaban J connectivity index is 1.70. The molecule has 1 saturated heterocycles. The van der Waals surface area contributed by atoms with Gasteiger partial charge in [-0.3, -0.25) is 9.59 Å². The van der Waals surface area contributed by atoms with E-state index in [1.807, 2.05) is 41.3 Å². The summed E-state index contributed by atoms with van der Waals surface area (Å²) in [5.41, 5.74) is 4.68. The normalized spacial score (nSPS) is 21.8. The average molecular weight is 424 g/mol. The predicted molar refractivity (Wildman–Crippen MR) is 119 cm³/mol. The van der Waals surface area contributed by atoms with Gasteiger partial charge < -0.3 is 25.0 Å². The molecule has 2 aromatic carbocycles. The fraction of sp³-hybridized carbons (Fsp3) is 0.417. The Morgan fingerprint density at radius 3 is 2.52 bits per heavy atom. The summed E-state index contributed by atoms with van der Waals surface area (Å²) in [6.07, 6.45) is 0.837. The molecule has 0 bridgehead atoms. The minimum atomic E-state index is -0.0920. The van der Waals surface area contributed by atoms with Crippen molar-refractivity contribution in [3.05, 3.63) is 53.6 Å². The summed E-state index contributed by atoms with van der Waals surface area (Å²) >= 11 is 0. The van der Waals surface area contributed by atoms with E-state index in [0.717, 1.165) is 28.8 Å². The molecule has 31 heavy (non-hydrogen) atoms. The van der Waals surface area contributed by atoms with Gasteiger partial charge in [0, 0.05) is 44.9 Å². The molecule has 0 saturated carbocycles. The first kappa shape index (κ1) is 21.3. The molecule has 2 heterocycles. The van der Waals surface area contributed by atoms with Gasteiger partial charge in [-0.15, -0.1) is 0 Å². The zero-order valence-corrected chi connectivity index (χ0v) is 18.2. The molecule has 3 atom stereocenters. The SMILES string of the molecule is COCC(=O)N1CC[C@@H]2[C@@H](CO)Nc3ccc(-c4ccc(C(=O)N(C)C)cc4)cc3[C@@H]21. The highest BCUT2D eigenvalue weighted by Crippen LogP contribution is 2.47. The largest absolute Gasteiger partial charge is 0.394 e. The van der Waals surface area contributed by atoms with Crippen LogP contribution in [0.1, 0.15) is 28.4 Å². The van der Waals surface area contributed by atoms with Crippen LogP contribution in [0.15, 0.2) is 42.5 Å². The monoisotopic (exact) mass is 423 g/mol. The van der Waals surface area contributed by atoms with E-state index < -0.39 is 0 Å². The minimum Gasteiger partial charge on any atom is -0.394 e. The van der Waals surface area contributed by atoms with E-state index in [1.165, 1.54) is 7.11 Å². The summed E-state index contributed by atoms with van der Waals surface area (Å²) in [6, 6.07) is 13.6. The third-order valence-electron chi connectivity index (χ3n) is 6.33. The van der Waals surface area contributed by atoms with Gasteiger partial charge in [0.2, 0.25) is 5.91 Å². The molecule has 2 aliphatic heterocycles. The van der Waals surface area contributed by atoms with Crippen molar-refractivity contribution in [3.63, 3.8) is 0 Å². The fourth-order valence-corrected chi connectivity index (χ4v) is 4.79. The van der Waals surface area contributed by atoms with Gasteiger partial charge in [0.05, 0.1) is 18.7 Å². The number of carbonyl (C=O) groups excluding carboxylic acids is 2. The molecule has 4 rings (SSSR count). The molecule has 2 aliphatic rings. The van der Waals surface area contributed by atoms with Gasteiger partial charge in [-0.1, -0.05) is 18.2 Å². The van der Waals surface area contributed by atoms with Crippen molar-refractivity contribution in [2.45, 2.75) is 18.5 Å². The second kappa shape index (κ2) is 8.69. The third kappa shape index (κ3) is 3.91. The molecule has 0 spiro atoms. The third-order valence-corrected chi connectivity index (χ3v) is 6.33. The molecule has 7 heteroatoms. The number of methoxy groups -OCH3 is 1. The van der Waals surface area contributed by atoms with Gasteiger partial charge in [-0.2, -0.15) is 0 Å². The lowest BCUT2D eigenvalue weighted by Gasteiger charge is -2.39. The van der Waals surface area contributed by atoms with Crippen LogP contribution in [0.2, 0.25) is 0 Å². The maximum Gasteiger partial charge on any atom is 0.253 e. The first-order valence-corrected chi connectivity index (χ1v) is 10.6. The van der Waals surface area contributed by atoms with Crippen LogP contribution >= 0.6 is 0 Å². The minimum absolute atomic E-state index is 0.0238. The molecule has 7 nitrogen and oxygen atoms in total. The maximum absolute atomic E-state index is 12.7. The molecule has 0 radical (unpaired) electrons. The lowest BCUT2D eigenvalue weighted by Crippen LogP contribution is -2.43. The van der Waals surface area contributed by atoms with Crippen LogP contribution in [0, 0.1) is 5.92 Å². The second-order valence-corrected chi connectivity index (χ2v) is 8.43. The summed E-state index contributed by atoms with van der Waals surface area (Å²) in [5.74, 6) is 0.0856. The van der Waals surface area contributed by atoms with Gasteiger partial charge in [0.25, 0.3) is 5.91 Å². The number of ether oxygens (including phenoxy) is 1. The zero-order valence-electron chi connectivity index (χ0n) is 18.2. The molecule has 0 aliphatic carbocycles. The standard InChI is InChI=1S/C24H29N3O4/c1-26(2)24(30)16-6-4-15(5-7-16)17-8-9-20-19(12-17)23-18(21(13-28)25-20)10-11-27(23)22(29)14-31-3/h4-9,12,18,21,23,25,28H,10-11,13-14H2,1-3H3/t18-,21-,23-/m1/s1. The zero-order chi connectivity index (χ0) is 22.1. The Morgan fingerprint density at radius 1 is 1.16 bits per heavy atom. The van der Waals surface area contributed by atoms with Crippen LogP contribution in [-0.2, 0) is 9.53 Å². The van der Waals surface area contributed by atoms with E-state index in [0.29, 0.717) is 12.1 Å².